The number of thiazole rings is 1. The fraction of sp³-hybridized carbons (Fsp3) is 0.684. The Morgan fingerprint density at radius 3 is 2.59 bits per heavy atom. The topological polar surface area (TPSA) is 90.0 Å². The maximum absolute atomic E-state index is 13.4. The molecule has 2 aromatic heterocycles. The molecule has 174 valence electrons. The minimum Gasteiger partial charge on any atom is -0.349 e. The van der Waals surface area contributed by atoms with Crippen LogP contribution in [0.4, 0.5) is 24.9 Å². The summed E-state index contributed by atoms with van der Waals surface area (Å²) in [4.78, 5) is 20.7. The molecule has 32 heavy (non-hydrogen) atoms. The molecule has 2 unspecified atom stereocenters. The third kappa shape index (κ3) is 3.70. The average Bonchev–Trinajstić information content (AvgIpc) is 3.44. The highest BCUT2D eigenvalue weighted by molar-refractivity contribution is 7.18. The van der Waals surface area contributed by atoms with Gasteiger partial charge in [0.15, 0.2) is 10.6 Å². The minimum atomic E-state index is -4.47. The predicted molar refractivity (Wildman–Crippen MR) is 118 cm³/mol. The smallest absolute Gasteiger partial charge is 0.349 e. The molecule has 2 aromatic rings. The fourth-order valence-corrected chi connectivity index (χ4v) is 5.54. The molecule has 9 nitrogen and oxygen atoms in total. The first kappa shape index (κ1) is 21.4. The van der Waals surface area contributed by atoms with Crippen molar-refractivity contribution in [2.45, 2.75) is 44.6 Å². The van der Waals surface area contributed by atoms with Crippen LogP contribution >= 0.6 is 11.3 Å². The highest BCUT2D eigenvalue weighted by atomic mass is 32.1. The summed E-state index contributed by atoms with van der Waals surface area (Å²) in [5.41, 5.74) is 6.81. The first-order valence-corrected chi connectivity index (χ1v) is 11.6. The van der Waals surface area contributed by atoms with Gasteiger partial charge >= 0.3 is 6.18 Å². The number of hydrogen-bond acceptors (Lipinski definition) is 10. The number of hydrogen-bond donors (Lipinski definition) is 1. The third-order valence-corrected chi connectivity index (χ3v) is 7.12. The van der Waals surface area contributed by atoms with Crippen molar-refractivity contribution in [3.8, 4) is 0 Å². The molecule has 0 radical (unpaired) electrons. The van der Waals surface area contributed by atoms with Crippen molar-refractivity contribution >= 4 is 39.3 Å². The zero-order chi connectivity index (χ0) is 22.6. The van der Waals surface area contributed by atoms with Crippen molar-refractivity contribution in [1.29, 1.82) is 0 Å². The van der Waals surface area contributed by atoms with Crippen molar-refractivity contribution in [2.24, 2.45) is 10.8 Å². The molecular formula is C19H26F3N9S. The highest BCUT2D eigenvalue weighted by Crippen LogP contribution is 2.35. The fourth-order valence-electron chi connectivity index (χ4n) is 4.51. The first-order chi connectivity index (χ1) is 15.2. The third-order valence-electron chi connectivity index (χ3n) is 6.11. The van der Waals surface area contributed by atoms with E-state index in [-0.39, 0.29) is 12.6 Å². The van der Waals surface area contributed by atoms with Crippen LogP contribution in [0.5, 0.6) is 0 Å². The van der Waals surface area contributed by atoms with Gasteiger partial charge in [-0.25, -0.2) is 4.98 Å². The molecule has 2 fully saturated rings. The summed E-state index contributed by atoms with van der Waals surface area (Å²) in [5.74, 6) is 0.460. The average molecular weight is 470 g/mol. The normalized spacial score (nSPS) is 24.0. The highest BCUT2D eigenvalue weighted by Gasteiger charge is 2.49. The quantitative estimate of drug-likeness (QED) is 0.726. The Labute approximate surface area is 187 Å². The maximum Gasteiger partial charge on any atom is 0.451 e. The van der Waals surface area contributed by atoms with Crippen LogP contribution in [0.3, 0.4) is 0 Å². The molecule has 2 N–H and O–H groups in total. The lowest BCUT2D eigenvalue weighted by Gasteiger charge is -2.41. The van der Waals surface area contributed by atoms with E-state index in [0.29, 0.717) is 31.4 Å². The molecule has 0 saturated carbocycles. The van der Waals surface area contributed by atoms with Crippen molar-refractivity contribution in [3.05, 3.63) is 5.01 Å². The largest absolute Gasteiger partial charge is 0.451 e. The van der Waals surface area contributed by atoms with E-state index in [4.69, 9.17) is 20.7 Å². The van der Waals surface area contributed by atoms with Crippen LogP contribution in [0.1, 0.15) is 24.8 Å². The van der Waals surface area contributed by atoms with E-state index in [2.05, 4.69) is 16.9 Å². The van der Waals surface area contributed by atoms with Gasteiger partial charge < -0.3 is 20.4 Å². The summed E-state index contributed by atoms with van der Waals surface area (Å²) in [6.07, 6.45) is -2.28. The standard InChI is InChI=1S/C19H26F3N9S/c1-3-4-12-24-14-15(25-18(26-16(14)32-12)30-6-5-11(23)9-30)29-7-8-31-13(10-29)28(2)27-17(31)19(20,21)22/h11,13H,3-10,23H2,1-2H3. The molecule has 0 spiro atoms. The zero-order valence-corrected chi connectivity index (χ0v) is 18.8. The number of hydrazone groups is 1. The second-order valence-electron chi connectivity index (χ2n) is 8.47. The summed E-state index contributed by atoms with van der Waals surface area (Å²) in [7, 11) is 1.58. The maximum atomic E-state index is 13.4. The Hall–Kier alpha value is -2.41. The summed E-state index contributed by atoms with van der Waals surface area (Å²) < 4.78 is 40.2. The van der Waals surface area contributed by atoms with Gasteiger partial charge in [0.1, 0.15) is 11.7 Å². The minimum absolute atomic E-state index is 0.0866. The lowest BCUT2D eigenvalue weighted by atomic mass is 10.2. The van der Waals surface area contributed by atoms with Crippen LogP contribution in [-0.2, 0) is 6.42 Å². The Bertz CT molecular complexity index is 1040. The van der Waals surface area contributed by atoms with E-state index < -0.39 is 18.2 Å². The van der Waals surface area contributed by atoms with Crippen molar-refractivity contribution < 1.29 is 13.2 Å². The van der Waals surface area contributed by atoms with Crippen molar-refractivity contribution in [3.63, 3.8) is 0 Å². The molecule has 0 bridgehead atoms. The number of halogens is 3. The van der Waals surface area contributed by atoms with E-state index in [1.165, 1.54) is 9.91 Å². The van der Waals surface area contributed by atoms with Gasteiger partial charge in [0.25, 0.3) is 0 Å². The van der Waals surface area contributed by atoms with Crippen LogP contribution in [-0.4, -0.2) is 88.9 Å². The van der Waals surface area contributed by atoms with Gasteiger partial charge in [-0.05, 0) is 19.3 Å². The van der Waals surface area contributed by atoms with Gasteiger partial charge in [-0.1, -0.05) is 18.3 Å². The van der Waals surface area contributed by atoms with E-state index in [1.807, 2.05) is 4.90 Å². The SMILES string of the molecule is CCCc1nc2c(N3CCN4C(C(F)(F)F)=NN(C)C4C3)nc(N3CCC(N)C3)nc2s1. The summed E-state index contributed by atoms with van der Waals surface area (Å²) >= 11 is 1.56. The van der Waals surface area contributed by atoms with Gasteiger partial charge in [0.05, 0.1) is 11.6 Å². The summed E-state index contributed by atoms with van der Waals surface area (Å²) in [6, 6.07) is 0.0866. The number of nitrogens with zero attached hydrogens (tertiary/aromatic N) is 8. The number of rotatable bonds is 4. The molecule has 0 aromatic carbocycles. The molecule has 5 rings (SSSR count). The number of fused-ring (bicyclic) bond motifs is 2. The Morgan fingerprint density at radius 1 is 1.09 bits per heavy atom. The van der Waals surface area contributed by atoms with Gasteiger partial charge in [-0.2, -0.15) is 28.2 Å². The number of alkyl halides is 3. The lowest BCUT2D eigenvalue weighted by molar-refractivity contribution is -0.0692. The summed E-state index contributed by atoms with van der Waals surface area (Å²) in [5, 5.41) is 6.15. The molecular weight excluding hydrogens is 443 g/mol. The Morgan fingerprint density at radius 2 is 1.91 bits per heavy atom. The predicted octanol–water partition coefficient (Wildman–Crippen LogP) is 1.85. The number of aryl methyl sites for hydroxylation is 1. The van der Waals surface area contributed by atoms with Gasteiger partial charge in [-0.15, -0.1) is 0 Å². The number of aromatic nitrogens is 3. The van der Waals surface area contributed by atoms with Crippen LogP contribution in [0.25, 0.3) is 10.3 Å². The number of nitrogens with two attached hydrogens (primary N) is 1. The van der Waals surface area contributed by atoms with Gasteiger partial charge in [-0.3, -0.25) is 5.01 Å². The second-order valence-corrected chi connectivity index (χ2v) is 9.53. The summed E-state index contributed by atoms with van der Waals surface area (Å²) in [6.45, 7) is 4.51. The number of amidine groups is 1. The van der Waals surface area contributed by atoms with E-state index >= 15 is 0 Å². The van der Waals surface area contributed by atoms with E-state index in [0.717, 1.165) is 41.2 Å². The number of piperazine rings is 1. The van der Waals surface area contributed by atoms with Crippen molar-refractivity contribution in [1.82, 2.24) is 24.9 Å². The molecule has 2 saturated heterocycles. The van der Waals surface area contributed by atoms with Crippen molar-refractivity contribution in [2.75, 3.05) is 49.6 Å². The number of likely N-dealkylation sites (N-methyl/N-ethyl adjacent to an activating group) is 1. The molecule has 0 amide bonds. The van der Waals surface area contributed by atoms with Crippen LogP contribution in [0.15, 0.2) is 5.10 Å². The van der Waals surface area contributed by atoms with Gasteiger partial charge in [0.2, 0.25) is 11.8 Å². The number of anilines is 2. The van der Waals surface area contributed by atoms with Gasteiger partial charge in [0, 0.05) is 39.3 Å². The van der Waals surface area contributed by atoms with E-state index in [9.17, 15) is 13.2 Å². The molecule has 3 aliphatic heterocycles. The molecule has 13 heteroatoms. The van der Waals surface area contributed by atoms with E-state index in [1.54, 1.807) is 18.4 Å². The van der Waals surface area contributed by atoms with Crippen LogP contribution < -0.4 is 15.5 Å². The lowest BCUT2D eigenvalue weighted by Crippen LogP contribution is -2.58. The monoisotopic (exact) mass is 469 g/mol. The van der Waals surface area contributed by atoms with Crippen LogP contribution in [0, 0.1) is 0 Å². The molecule has 0 aliphatic carbocycles. The molecule has 5 heterocycles. The zero-order valence-electron chi connectivity index (χ0n) is 18.0. The Kier molecular flexibility index (Phi) is 5.27. The molecule has 2 atom stereocenters. The Balaban J connectivity index is 1.49. The second kappa shape index (κ2) is 7.87. The first-order valence-electron chi connectivity index (χ1n) is 10.8. The van der Waals surface area contributed by atoms with Crippen LogP contribution in [0.2, 0.25) is 0 Å². The molecule has 3 aliphatic rings.